The van der Waals surface area contributed by atoms with Crippen LogP contribution in [0.2, 0.25) is 0 Å². The zero-order valence-corrected chi connectivity index (χ0v) is 8.11. The molecule has 0 bridgehead atoms. The Balaban J connectivity index is 2.52. The van der Waals surface area contributed by atoms with Gasteiger partial charge in [-0.25, -0.2) is 14.2 Å². The number of nitrogens with one attached hydrogen (secondary N) is 1. The summed E-state index contributed by atoms with van der Waals surface area (Å²) in [5, 5.41) is 10.3. The Labute approximate surface area is 87.4 Å². The number of nitrogens with zero attached hydrogens (tertiary/aromatic N) is 2. The first kappa shape index (κ1) is 9.53. The minimum absolute atomic E-state index is 0.318. The number of carbonyl (C=O) groups is 1. The van der Waals surface area contributed by atoms with E-state index in [0.29, 0.717) is 11.4 Å². The molecule has 7 heteroatoms. The molecule has 2 N–H and O–H groups in total. The molecule has 2 aromatic heterocycles. The van der Waals surface area contributed by atoms with E-state index in [0.717, 1.165) is 6.20 Å². The van der Waals surface area contributed by atoms with E-state index in [1.807, 2.05) is 0 Å². The average molecular weight is 223 g/mol. The number of aromatic carboxylic acids is 1. The Morgan fingerprint density at radius 2 is 2.27 bits per heavy atom. The van der Waals surface area contributed by atoms with Gasteiger partial charge in [-0.15, -0.1) is 0 Å². The Morgan fingerprint density at radius 3 is 2.80 bits per heavy atom. The number of carboxylic acids is 1. The molecular formula is C8H5N3O3S. The lowest BCUT2D eigenvalue weighted by molar-refractivity contribution is 0.0694. The Hall–Kier alpha value is -2.02. The Kier molecular flexibility index (Phi) is 2.30. The summed E-state index contributed by atoms with van der Waals surface area (Å²) in [6, 6.07) is 0. The smallest absolute Gasteiger partial charge is 0.342 e. The summed E-state index contributed by atoms with van der Waals surface area (Å²) in [7, 11) is 0. The van der Waals surface area contributed by atoms with Gasteiger partial charge in [-0.05, 0) is 11.5 Å². The van der Waals surface area contributed by atoms with Gasteiger partial charge >= 0.3 is 5.97 Å². The Morgan fingerprint density at radius 1 is 1.47 bits per heavy atom. The molecule has 76 valence electrons. The molecular weight excluding hydrogens is 218 g/mol. The van der Waals surface area contributed by atoms with E-state index in [2.05, 4.69) is 14.3 Å². The predicted molar refractivity (Wildman–Crippen MR) is 52.9 cm³/mol. The molecule has 15 heavy (non-hydrogen) atoms. The van der Waals surface area contributed by atoms with E-state index in [4.69, 9.17) is 5.11 Å². The van der Waals surface area contributed by atoms with Gasteiger partial charge in [-0.1, -0.05) is 0 Å². The molecule has 0 aromatic carbocycles. The van der Waals surface area contributed by atoms with Crippen LogP contribution >= 0.6 is 11.5 Å². The summed E-state index contributed by atoms with van der Waals surface area (Å²) in [4.78, 5) is 28.0. The lowest BCUT2D eigenvalue weighted by Gasteiger charge is -1.96. The summed E-state index contributed by atoms with van der Waals surface area (Å²) >= 11 is 1.22. The minimum Gasteiger partial charge on any atom is -0.477 e. The lowest BCUT2D eigenvalue weighted by Crippen LogP contribution is -2.18. The number of H-pyrrole nitrogens is 1. The van der Waals surface area contributed by atoms with E-state index < -0.39 is 11.5 Å². The first-order valence-corrected chi connectivity index (χ1v) is 4.74. The molecule has 0 saturated heterocycles. The summed E-state index contributed by atoms with van der Waals surface area (Å²) in [6.07, 6.45) is 2.58. The summed E-state index contributed by atoms with van der Waals surface area (Å²) in [6.45, 7) is 0. The predicted octanol–water partition coefficient (Wildman–Crippen LogP) is 0.592. The van der Waals surface area contributed by atoms with E-state index >= 15 is 0 Å². The molecule has 0 spiro atoms. The van der Waals surface area contributed by atoms with Gasteiger partial charge in [0.2, 0.25) is 0 Å². The molecule has 0 aliphatic rings. The van der Waals surface area contributed by atoms with E-state index in [9.17, 15) is 9.59 Å². The molecule has 0 aliphatic carbocycles. The zero-order chi connectivity index (χ0) is 10.8. The van der Waals surface area contributed by atoms with Crippen molar-refractivity contribution in [3.05, 3.63) is 33.7 Å². The Bertz CT molecular complexity index is 547. The van der Waals surface area contributed by atoms with Gasteiger partial charge in [0.1, 0.15) is 11.4 Å². The normalized spacial score (nSPS) is 10.1. The van der Waals surface area contributed by atoms with Gasteiger partial charge in [0.05, 0.1) is 6.20 Å². The van der Waals surface area contributed by atoms with Crippen molar-refractivity contribution in [3.63, 3.8) is 0 Å². The highest BCUT2D eigenvalue weighted by Crippen LogP contribution is 2.13. The van der Waals surface area contributed by atoms with E-state index in [1.165, 1.54) is 11.5 Å². The maximum Gasteiger partial charge on any atom is 0.342 e. The van der Waals surface area contributed by atoms with E-state index in [1.54, 1.807) is 11.6 Å². The van der Waals surface area contributed by atoms with Gasteiger partial charge in [0.25, 0.3) is 5.56 Å². The number of carboxylic acid groups (broad SMARTS) is 1. The second-order valence-electron chi connectivity index (χ2n) is 2.69. The SMILES string of the molecule is O=C(O)c1cnc(-c2cnsc2)[nH]c1=O. The van der Waals surface area contributed by atoms with Gasteiger partial charge in [0.15, 0.2) is 0 Å². The van der Waals surface area contributed by atoms with Crippen molar-refractivity contribution in [1.29, 1.82) is 0 Å². The third kappa shape index (κ3) is 1.77. The largest absolute Gasteiger partial charge is 0.477 e. The fourth-order valence-electron chi connectivity index (χ4n) is 1.02. The van der Waals surface area contributed by atoms with Crippen molar-refractivity contribution in [2.45, 2.75) is 0 Å². The number of aromatic nitrogens is 3. The molecule has 6 nitrogen and oxygen atoms in total. The molecule has 0 atom stereocenters. The molecule has 0 radical (unpaired) electrons. The standard InChI is InChI=1S/C8H5N3O3S/c12-7-5(8(13)14)2-9-6(11-7)4-1-10-15-3-4/h1-3H,(H,13,14)(H,9,11,12). The third-order valence-electron chi connectivity index (χ3n) is 1.74. The monoisotopic (exact) mass is 223 g/mol. The topological polar surface area (TPSA) is 95.9 Å². The second-order valence-corrected chi connectivity index (χ2v) is 3.35. The number of hydrogen-bond acceptors (Lipinski definition) is 5. The van der Waals surface area contributed by atoms with Crippen LogP contribution in [0.5, 0.6) is 0 Å². The molecule has 0 fully saturated rings. The van der Waals surface area contributed by atoms with Crippen molar-refractivity contribution < 1.29 is 9.90 Å². The van der Waals surface area contributed by atoms with Crippen LogP contribution in [-0.2, 0) is 0 Å². The highest BCUT2D eigenvalue weighted by molar-refractivity contribution is 7.03. The van der Waals surface area contributed by atoms with Crippen LogP contribution in [0.4, 0.5) is 0 Å². The van der Waals surface area contributed by atoms with Crippen molar-refractivity contribution >= 4 is 17.5 Å². The molecule has 2 aromatic rings. The van der Waals surface area contributed by atoms with Crippen LogP contribution < -0.4 is 5.56 Å². The highest BCUT2D eigenvalue weighted by Gasteiger charge is 2.10. The number of hydrogen-bond donors (Lipinski definition) is 2. The molecule has 0 unspecified atom stereocenters. The van der Waals surface area contributed by atoms with Crippen LogP contribution in [0.25, 0.3) is 11.4 Å². The maximum atomic E-state index is 11.3. The van der Waals surface area contributed by atoms with Crippen LogP contribution in [-0.4, -0.2) is 25.4 Å². The van der Waals surface area contributed by atoms with Crippen LogP contribution in [0, 0.1) is 0 Å². The quantitative estimate of drug-likeness (QED) is 0.776. The zero-order valence-electron chi connectivity index (χ0n) is 7.30. The minimum atomic E-state index is -1.29. The second kappa shape index (κ2) is 3.62. The van der Waals surface area contributed by atoms with Crippen LogP contribution in [0.3, 0.4) is 0 Å². The number of rotatable bonds is 2. The average Bonchev–Trinajstić information content (AvgIpc) is 2.69. The molecule has 2 heterocycles. The highest BCUT2D eigenvalue weighted by atomic mass is 32.1. The maximum absolute atomic E-state index is 11.3. The molecule has 2 rings (SSSR count). The van der Waals surface area contributed by atoms with Crippen LogP contribution in [0.1, 0.15) is 10.4 Å². The lowest BCUT2D eigenvalue weighted by atomic mass is 10.3. The van der Waals surface area contributed by atoms with Gasteiger partial charge in [-0.3, -0.25) is 4.79 Å². The summed E-state index contributed by atoms with van der Waals surface area (Å²) in [5.74, 6) is -0.975. The first-order valence-electron chi connectivity index (χ1n) is 3.91. The summed E-state index contributed by atoms with van der Waals surface area (Å²) in [5.41, 5.74) is -0.380. The summed E-state index contributed by atoms with van der Waals surface area (Å²) < 4.78 is 3.85. The van der Waals surface area contributed by atoms with Gasteiger partial charge in [0, 0.05) is 17.1 Å². The van der Waals surface area contributed by atoms with Crippen LogP contribution in [0.15, 0.2) is 22.6 Å². The van der Waals surface area contributed by atoms with Gasteiger partial charge in [-0.2, -0.15) is 0 Å². The molecule has 0 saturated carbocycles. The number of aromatic amines is 1. The third-order valence-corrected chi connectivity index (χ3v) is 2.32. The first-order chi connectivity index (χ1) is 7.18. The van der Waals surface area contributed by atoms with E-state index in [-0.39, 0.29) is 5.56 Å². The fraction of sp³-hybridized carbons (Fsp3) is 0. The molecule has 0 amide bonds. The van der Waals surface area contributed by atoms with Crippen molar-refractivity contribution in [1.82, 2.24) is 14.3 Å². The molecule has 0 aliphatic heterocycles. The van der Waals surface area contributed by atoms with Crippen molar-refractivity contribution in [2.24, 2.45) is 0 Å². The van der Waals surface area contributed by atoms with Crippen molar-refractivity contribution in [2.75, 3.05) is 0 Å². The van der Waals surface area contributed by atoms with Crippen molar-refractivity contribution in [3.8, 4) is 11.4 Å². The fourth-order valence-corrected chi connectivity index (χ4v) is 1.54. The van der Waals surface area contributed by atoms with Gasteiger partial charge < -0.3 is 10.1 Å².